The predicted molar refractivity (Wildman–Crippen MR) is 42.1 cm³/mol. The molecule has 1 aliphatic heterocycles. The van der Waals surface area contributed by atoms with E-state index in [1.54, 1.807) is 7.11 Å². The van der Waals surface area contributed by atoms with Gasteiger partial charge in [0, 0.05) is 5.57 Å². The number of esters is 2. The van der Waals surface area contributed by atoms with Crippen LogP contribution in [0.5, 0.6) is 0 Å². The predicted octanol–water partition coefficient (Wildman–Crippen LogP) is 0.792. The Bertz CT molecular complexity index is 199. The van der Waals surface area contributed by atoms with Gasteiger partial charge < -0.3 is 9.47 Å². The van der Waals surface area contributed by atoms with Gasteiger partial charge in [0.25, 0.3) is 0 Å². The number of hydrogen-bond acceptors (Lipinski definition) is 4. The van der Waals surface area contributed by atoms with Crippen molar-refractivity contribution in [2.75, 3.05) is 7.11 Å². The van der Waals surface area contributed by atoms with Crippen molar-refractivity contribution in [3.05, 3.63) is 25.0 Å². The lowest BCUT2D eigenvalue weighted by Crippen LogP contribution is -1.95. The second-order valence-electron chi connectivity index (χ2n) is 1.94. The molecule has 0 N–H and O–H groups in total. The van der Waals surface area contributed by atoms with Gasteiger partial charge in [0.15, 0.2) is 0 Å². The lowest BCUT2D eigenvalue weighted by molar-refractivity contribution is -0.151. The summed E-state index contributed by atoms with van der Waals surface area (Å²) in [4.78, 5) is 20.4. The van der Waals surface area contributed by atoms with Crippen LogP contribution >= 0.6 is 0 Å². The molecule has 0 amide bonds. The van der Waals surface area contributed by atoms with Crippen molar-refractivity contribution < 1.29 is 19.1 Å². The topological polar surface area (TPSA) is 52.6 Å². The van der Waals surface area contributed by atoms with Gasteiger partial charge in [0.1, 0.15) is 0 Å². The zero-order chi connectivity index (χ0) is 9.56. The summed E-state index contributed by atoms with van der Waals surface area (Å²) in [5.41, 5.74) is 0.245. The molecule has 66 valence electrons. The molecule has 4 nitrogen and oxygen atoms in total. The van der Waals surface area contributed by atoms with Crippen molar-refractivity contribution in [2.45, 2.75) is 6.42 Å². The third-order valence-electron chi connectivity index (χ3n) is 1.02. The zero-order valence-corrected chi connectivity index (χ0v) is 6.83. The number of carbonyl (C=O) groups excluding carboxylic acids is 2. The fourth-order valence-corrected chi connectivity index (χ4v) is 0.458. The first-order chi connectivity index (χ1) is 5.61. The molecule has 0 aromatic rings. The smallest absolute Gasteiger partial charge is 0.341 e. The summed E-state index contributed by atoms with van der Waals surface area (Å²) >= 11 is 0. The SMILES string of the molecule is C=C1CC(=O)OC1=O.C=COC. The van der Waals surface area contributed by atoms with E-state index < -0.39 is 11.9 Å². The molecule has 1 heterocycles. The van der Waals surface area contributed by atoms with Gasteiger partial charge in [-0.15, -0.1) is 0 Å². The summed E-state index contributed by atoms with van der Waals surface area (Å²) in [7, 11) is 1.56. The summed E-state index contributed by atoms with van der Waals surface area (Å²) in [5, 5.41) is 0. The first-order valence-corrected chi connectivity index (χ1v) is 3.18. The summed E-state index contributed by atoms with van der Waals surface area (Å²) in [6.45, 7) is 6.55. The molecule has 1 saturated heterocycles. The second kappa shape index (κ2) is 5.12. The molecule has 12 heavy (non-hydrogen) atoms. The van der Waals surface area contributed by atoms with Crippen molar-refractivity contribution in [1.29, 1.82) is 0 Å². The molecule has 0 saturated carbocycles. The lowest BCUT2D eigenvalue weighted by Gasteiger charge is -1.80. The molecule has 1 aliphatic rings. The van der Waals surface area contributed by atoms with Crippen molar-refractivity contribution >= 4 is 11.9 Å². The fourth-order valence-electron chi connectivity index (χ4n) is 0.458. The van der Waals surface area contributed by atoms with Gasteiger partial charge in [-0.2, -0.15) is 0 Å². The maximum atomic E-state index is 10.2. The lowest BCUT2D eigenvalue weighted by atomic mass is 10.3. The van der Waals surface area contributed by atoms with E-state index in [1.807, 2.05) is 0 Å². The first kappa shape index (κ1) is 10.4. The molecule has 0 aromatic heterocycles. The average Bonchev–Trinajstić information content (AvgIpc) is 2.30. The molecule has 0 radical (unpaired) electrons. The summed E-state index contributed by atoms with van der Waals surface area (Å²) in [5.74, 6) is -1.09. The largest absolute Gasteiger partial charge is 0.505 e. The molecule has 0 atom stereocenters. The molecule has 4 heteroatoms. The molecule has 1 rings (SSSR count). The summed E-state index contributed by atoms with van der Waals surface area (Å²) in [6, 6.07) is 0. The molecule has 0 unspecified atom stereocenters. The van der Waals surface area contributed by atoms with Gasteiger partial charge in [0.2, 0.25) is 0 Å². The van der Waals surface area contributed by atoms with Crippen molar-refractivity contribution in [2.24, 2.45) is 0 Å². The number of ether oxygens (including phenoxy) is 2. The average molecular weight is 170 g/mol. The number of hydrogen-bond donors (Lipinski definition) is 0. The molecular weight excluding hydrogens is 160 g/mol. The standard InChI is InChI=1S/C5H4O3.C3H6O/c1-3-2-4(6)8-5(3)7;1-3-4-2/h1-2H2;3H,1H2,2H3. The maximum absolute atomic E-state index is 10.2. The van der Waals surface area contributed by atoms with Gasteiger partial charge in [0.05, 0.1) is 19.8 Å². The number of cyclic esters (lactones) is 2. The van der Waals surface area contributed by atoms with Gasteiger partial charge in [-0.1, -0.05) is 13.2 Å². The highest BCUT2D eigenvalue weighted by Crippen LogP contribution is 2.10. The molecular formula is C8H10O4. The molecule has 0 bridgehead atoms. The van der Waals surface area contributed by atoms with Gasteiger partial charge >= 0.3 is 11.9 Å². The third-order valence-corrected chi connectivity index (χ3v) is 1.02. The minimum absolute atomic E-state index is 0.0544. The first-order valence-electron chi connectivity index (χ1n) is 3.18. The molecule has 0 aliphatic carbocycles. The Morgan fingerprint density at radius 3 is 2.17 bits per heavy atom. The Morgan fingerprint density at radius 1 is 1.58 bits per heavy atom. The van der Waals surface area contributed by atoms with Crippen LogP contribution in [0.2, 0.25) is 0 Å². The van der Waals surface area contributed by atoms with Crippen LogP contribution in [0.1, 0.15) is 6.42 Å². The van der Waals surface area contributed by atoms with Crippen LogP contribution in [0.4, 0.5) is 0 Å². The minimum Gasteiger partial charge on any atom is -0.505 e. The third kappa shape index (κ3) is 3.55. The minimum atomic E-state index is -0.588. The number of carbonyl (C=O) groups is 2. The zero-order valence-electron chi connectivity index (χ0n) is 6.83. The van der Waals surface area contributed by atoms with Gasteiger partial charge in [-0.05, 0) is 0 Å². The van der Waals surface area contributed by atoms with Crippen LogP contribution in [-0.2, 0) is 19.1 Å². The van der Waals surface area contributed by atoms with E-state index in [0.717, 1.165) is 0 Å². The van der Waals surface area contributed by atoms with Crippen LogP contribution in [0, 0.1) is 0 Å². The fraction of sp³-hybridized carbons (Fsp3) is 0.250. The van der Waals surface area contributed by atoms with E-state index >= 15 is 0 Å². The summed E-state index contributed by atoms with van der Waals surface area (Å²) < 4.78 is 8.40. The van der Waals surface area contributed by atoms with Gasteiger partial charge in [-0.25, -0.2) is 4.79 Å². The van der Waals surface area contributed by atoms with E-state index in [-0.39, 0.29) is 12.0 Å². The monoisotopic (exact) mass is 170 g/mol. The highest BCUT2D eigenvalue weighted by molar-refractivity contribution is 6.05. The van der Waals surface area contributed by atoms with Gasteiger partial charge in [-0.3, -0.25) is 4.79 Å². The van der Waals surface area contributed by atoms with E-state index in [1.165, 1.54) is 6.26 Å². The quantitative estimate of drug-likeness (QED) is 0.253. The van der Waals surface area contributed by atoms with E-state index in [0.29, 0.717) is 0 Å². The van der Waals surface area contributed by atoms with Crippen molar-refractivity contribution in [3.63, 3.8) is 0 Å². The Morgan fingerprint density at radius 2 is 2.08 bits per heavy atom. The number of methoxy groups -OCH3 is 1. The Balaban J connectivity index is 0.000000261. The highest BCUT2D eigenvalue weighted by atomic mass is 16.6. The van der Waals surface area contributed by atoms with E-state index in [2.05, 4.69) is 22.6 Å². The highest BCUT2D eigenvalue weighted by Gasteiger charge is 2.24. The van der Waals surface area contributed by atoms with Crippen LogP contribution in [0.15, 0.2) is 25.0 Å². The van der Waals surface area contributed by atoms with Crippen LogP contribution in [0.25, 0.3) is 0 Å². The number of rotatable bonds is 1. The molecule has 1 fully saturated rings. The Kier molecular flexibility index (Phi) is 4.45. The second-order valence-corrected chi connectivity index (χ2v) is 1.94. The van der Waals surface area contributed by atoms with E-state index in [9.17, 15) is 9.59 Å². The van der Waals surface area contributed by atoms with Crippen molar-refractivity contribution in [3.8, 4) is 0 Å². The normalized spacial score (nSPS) is 14.6. The van der Waals surface area contributed by atoms with Crippen LogP contribution in [-0.4, -0.2) is 19.0 Å². The summed E-state index contributed by atoms with van der Waals surface area (Å²) in [6.07, 6.45) is 1.43. The van der Waals surface area contributed by atoms with Crippen LogP contribution in [0.3, 0.4) is 0 Å². The molecule has 0 spiro atoms. The van der Waals surface area contributed by atoms with Crippen LogP contribution < -0.4 is 0 Å². The Hall–Kier alpha value is -1.58. The Labute approximate surface area is 70.5 Å². The molecule has 0 aromatic carbocycles. The maximum Gasteiger partial charge on any atom is 0.341 e. The van der Waals surface area contributed by atoms with Crippen molar-refractivity contribution in [1.82, 2.24) is 0 Å². The van der Waals surface area contributed by atoms with E-state index in [4.69, 9.17) is 0 Å².